The fraction of sp³-hybridized carbons (Fsp3) is 0.632. The summed E-state index contributed by atoms with van der Waals surface area (Å²) < 4.78 is 5.62. The number of carbonyl (C=O) groups is 1. The lowest BCUT2D eigenvalue weighted by Crippen LogP contribution is -2.54. The molecule has 2 aliphatic rings. The molecule has 5 nitrogen and oxygen atoms in total. The molecule has 2 fully saturated rings. The van der Waals surface area contributed by atoms with Gasteiger partial charge in [-0.25, -0.2) is 0 Å². The minimum Gasteiger partial charge on any atom is -0.372 e. The van der Waals surface area contributed by atoms with Crippen molar-refractivity contribution in [2.45, 2.75) is 44.2 Å². The van der Waals surface area contributed by atoms with Crippen molar-refractivity contribution in [2.75, 3.05) is 38.2 Å². The summed E-state index contributed by atoms with van der Waals surface area (Å²) in [6.07, 6.45) is 3.97. The van der Waals surface area contributed by atoms with Crippen LogP contribution in [-0.2, 0) is 9.53 Å². The number of carbonyl (C=O) groups excluding carboxylic acids is 1. The Bertz CT molecular complexity index is 563. The molecule has 2 heterocycles. The summed E-state index contributed by atoms with van der Waals surface area (Å²) in [6, 6.07) is 8.52. The van der Waals surface area contributed by atoms with Crippen LogP contribution >= 0.6 is 0 Å². The zero-order valence-electron chi connectivity index (χ0n) is 14.8. The van der Waals surface area contributed by atoms with Gasteiger partial charge in [-0.15, -0.1) is 0 Å². The normalized spacial score (nSPS) is 21.5. The first-order chi connectivity index (χ1) is 11.6. The van der Waals surface area contributed by atoms with E-state index in [9.17, 15) is 4.79 Å². The first kappa shape index (κ1) is 17.2. The number of methoxy groups -OCH3 is 1. The van der Waals surface area contributed by atoms with Gasteiger partial charge >= 0.3 is 0 Å². The van der Waals surface area contributed by atoms with Gasteiger partial charge in [-0.3, -0.25) is 4.79 Å². The summed E-state index contributed by atoms with van der Waals surface area (Å²) in [5, 5.41) is 6.45. The van der Waals surface area contributed by atoms with Crippen LogP contribution in [0.1, 0.15) is 44.2 Å². The van der Waals surface area contributed by atoms with Crippen LogP contribution in [0, 0.1) is 0 Å². The SMILES string of the molecule is COC1(C(=O)NC(C)c2cccc(N3CCCC3)c2)CCNCC1. The number of nitrogens with zero attached hydrogens (tertiary/aromatic N) is 1. The number of benzene rings is 1. The van der Waals surface area contributed by atoms with Gasteiger partial charge in [-0.1, -0.05) is 12.1 Å². The topological polar surface area (TPSA) is 53.6 Å². The molecule has 1 unspecified atom stereocenters. The molecule has 2 N–H and O–H groups in total. The minimum atomic E-state index is -0.688. The highest BCUT2D eigenvalue weighted by molar-refractivity contribution is 5.85. The Labute approximate surface area is 144 Å². The molecule has 1 aromatic carbocycles. The van der Waals surface area contributed by atoms with Crippen LogP contribution in [0.4, 0.5) is 5.69 Å². The van der Waals surface area contributed by atoms with Crippen LogP contribution in [-0.4, -0.2) is 44.8 Å². The molecule has 0 spiro atoms. The number of anilines is 1. The molecule has 2 aliphatic heterocycles. The maximum absolute atomic E-state index is 12.8. The van der Waals surface area contributed by atoms with Gasteiger partial charge in [0.05, 0.1) is 6.04 Å². The van der Waals surface area contributed by atoms with Gasteiger partial charge in [0, 0.05) is 25.9 Å². The van der Waals surface area contributed by atoms with Crippen molar-refractivity contribution in [3.05, 3.63) is 29.8 Å². The molecule has 0 aliphatic carbocycles. The quantitative estimate of drug-likeness (QED) is 0.869. The van der Waals surface area contributed by atoms with Crippen molar-refractivity contribution >= 4 is 11.6 Å². The molecule has 1 atom stereocenters. The molecule has 0 aromatic heterocycles. The molecular formula is C19H29N3O2. The molecule has 0 bridgehead atoms. The van der Waals surface area contributed by atoms with Crippen molar-refractivity contribution in [1.82, 2.24) is 10.6 Å². The van der Waals surface area contributed by atoms with E-state index < -0.39 is 5.60 Å². The maximum Gasteiger partial charge on any atom is 0.252 e. The van der Waals surface area contributed by atoms with E-state index in [4.69, 9.17) is 4.74 Å². The Morgan fingerprint density at radius 2 is 2.00 bits per heavy atom. The zero-order valence-corrected chi connectivity index (χ0v) is 14.8. The van der Waals surface area contributed by atoms with Crippen molar-refractivity contribution in [2.24, 2.45) is 0 Å². The third-order valence-electron chi connectivity index (χ3n) is 5.40. The predicted molar refractivity (Wildman–Crippen MR) is 96.3 cm³/mol. The lowest BCUT2D eigenvalue weighted by molar-refractivity contribution is -0.147. The number of piperidine rings is 1. The predicted octanol–water partition coefficient (Wildman–Crippen LogP) is 2.23. The van der Waals surface area contributed by atoms with E-state index >= 15 is 0 Å². The molecule has 1 amide bonds. The Kier molecular flexibility index (Phi) is 5.41. The number of hydrogen-bond donors (Lipinski definition) is 2. The smallest absolute Gasteiger partial charge is 0.252 e. The standard InChI is InChI=1S/C19H29N3O2/c1-15(21-18(23)19(24-2)8-10-20-11-9-19)16-6-5-7-17(14-16)22-12-3-4-13-22/h5-7,14-15,20H,3-4,8-13H2,1-2H3,(H,21,23). The third-order valence-corrected chi connectivity index (χ3v) is 5.40. The maximum atomic E-state index is 12.8. The molecule has 132 valence electrons. The van der Waals surface area contributed by atoms with Gasteiger partial charge in [-0.2, -0.15) is 0 Å². The summed E-state index contributed by atoms with van der Waals surface area (Å²) in [5.41, 5.74) is 1.72. The van der Waals surface area contributed by atoms with Crippen LogP contribution in [0.3, 0.4) is 0 Å². The summed E-state index contributed by atoms with van der Waals surface area (Å²) in [5.74, 6) is 0.00516. The Morgan fingerprint density at radius 3 is 2.67 bits per heavy atom. The summed E-state index contributed by atoms with van der Waals surface area (Å²) in [4.78, 5) is 15.2. The van der Waals surface area contributed by atoms with Crippen LogP contribution in [0.15, 0.2) is 24.3 Å². The first-order valence-corrected chi connectivity index (χ1v) is 9.06. The van der Waals surface area contributed by atoms with Gasteiger partial charge < -0.3 is 20.3 Å². The summed E-state index contributed by atoms with van der Waals surface area (Å²) >= 11 is 0. The number of ether oxygens (including phenoxy) is 1. The van der Waals surface area contributed by atoms with Crippen LogP contribution in [0.25, 0.3) is 0 Å². The average molecular weight is 331 g/mol. The number of hydrogen-bond acceptors (Lipinski definition) is 4. The van der Waals surface area contributed by atoms with Gasteiger partial charge in [0.1, 0.15) is 5.60 Å². The van der Waals surface area contributed by atoms with Crippen molar-refractivity contribution in [3.63, 3.8) is 0 Å². The average Bonchev–Trinajstić information content (AvgIpc) is 3.17. The summed E-state index contributed by atoms with van der Waals surface area (Å²) in [7, 11) is 1.64. The fourth-order valence-corrected chi connectivity index (χ4v) is 3.73. The van der Waals surface area contributed by atoms with E-state index in [0.717, 1.165) is 44.6 Å². The highest BCUT2D eigenvalue weighted by Gasteiger charge is 2.40. The Morgan fingerprint density at radius 1 is 1.29 bits per heavy atom. The highest BCUT2D eigenvalue weighted by Crippen LogP contribution is 2.26. The molecule has 1 aromatic rings. The van der Waals surface area contributed by atoms with Crippen molar-refractivity contribution in [3.8, 4) is 0 Å². The molecule has 5 heteroatoms. The van der Waals surface area contributed by atoms with E-state index in [1.54, 1.807) is 7.11 Å². The van der Waals surface area contributed by atoms with Crippen molar-refractivity contribution in [1.29, 1.82) is 0 Å². The number of nitrogens with one attached hydrogen (secondary N) is 2. The van der Waals surface area contributed by atoms with Crippen LogP contribution in [0.2, 0.25) is 0 Å². The van der Waals surface area contributed by atoms with Crippen LogP contribution < -0.4 is 15.5 Å². The molecule has 2 saturated heterocycles. The van der Waals surface area contributed by atoms with Gasteiger partial charge in [0.25, 0.3) is 5.91 Å². The van der Waals surface area contributed by atoms with E-state index in [1.165, 1.54) is 18.5 Å². The van der Waals surface area contributed by atoms with E-state index in [0.29, 0.717) is 0 Å². The van der Waals surface area contributed by atoms with Crippen molar-refractivity contribution < 1.29 is 9.53 Å². The minimum absolute atomic E-state index is 0.00516. The molecule has 0 saturated carbocycles. The van der Waals surface area contributed by atoms with Gasteiger partial charge in [-0.05, 0) is 63.4 Å². The largest absolute Gasteiger partial charge is 0.372 e. The second kappa shape index (κ2) is 7.53. The van der Waals surface area contributed by atoms with E-state index in [2.05, 4.69) is 39.8 Å². The molecule has 24 heavy (non-hydrogen) atoms. The molecule has 3 rings (SSSR count). The second-order valence-corrected chi connectivity index (χ2v) is 6.93. The Hall–Kier alpha value is -1.59. The first-order valence-electron chi connectivity index (χ1n) is 9.06. The number of rotatable bonds is 5. The van der Waals surface area contributed by atoms with Gasteiger partial charge in [0.2, 0.25) is 0 Å². The number of amides is 1. The third kappa shape index (κ3) is 3.57. The molecule has 0 radical (unpaired) electrons. The lowest BCUT2D eigenvalue weighted by atomic mass is 9.90. The van der Waals surface area contributed by atoms with E-state index in [-0.39, 0.29) is 11.9 Å². The Balaban J connectivity index is 1.68. The monoisotopic (exact) mass is 331 g/mol. The fourth-order valence-electron chi connectivity index (χ4n) is 3.73. The zero-order chi connectivity index (χ0) is 17.0. The van der Waals surface area contributed by atoms with Gasteiger partial charge in [0.15, 0.2) is 0 Å². The molecular weight excluding hydrogens is 302 g/mol. The van der Waals surface area contributed by atoms with E-state index in [1.807, 2.05) is 6.92 Å². The second-order valence-electron chi connectivity index (χ2n) is 6.93. The lowest BCUT2D eigenvalue weighted by Gasteiger charge is -2.35. The summed E-state index contributed by atoms with van der Waals surface area (Å²) in [6.45, 7) is 5.94. The van der Waals surface area contributed by atoms with Crippen LogP contribution in [0.5, 0.6) is 0 Å². The highest BCUT2D eigenvalue weighted by atomic mass is 16.5.